The van der Waals surface area contributed by atoms with Crippen LogP contribution in [-0.4, -0.2) is 56.7 Å². The Balaban J connectivity index is 1.47. The van der Waals surface area contributed by atoms with E-state index in [0.717, 1.165) is 38.3 Å². The normalized spacial score (nSPS) is 15.1. The van der Waals surface area contributed by atoms with Gasteiger partial charge in [0.25, 0.3) is 0 Å². The molecule has 1 heterocycles. The number of rotatable bonds is 8. The van der Waals surface area contributed by atoms with E-state index in [-0.39, 0.29) is 12.0 Å². The number of para-hydroxylation sites is 1. The number of benzene rings is 3. The molecule has 0 amide bonds. The van der Waals surface area contributed by atoms with E-state index in [9.17, 15) is 4.79 Å². The third-order valence-corrected chi connectivity index (χ3v) is 6.24. The highest BCUT2D eigenvalue weighted by molar-refractivity contribution is 5.96. The van der Waals surface area contributed by atoms with Gasteiger partial charge in [0.05, 0.1) is 12.7 Å². The quantitative estimate of drug-likeness (QED) is 0.406. The molecule has 0 aliphatic carbocycles. The number of ether oxygens (including phenoxy) is 1. The lowest BCUT2D eigenvalue weighted by Crippen LogP contribution is -2.53. The van der Waals surface area contributed by atoms with E-state index in [0.29, 0.717) is 17.8 Å². The molecule has 3 aromatic rings. The Kier molecular flexibility index (Phi) is 7.47. The molecule has 33 heavy (non-hydrogen) atoms. The minimum absolute atomic E-state index is 0.286. The zero-order chi connectivity index (χ0) is 23.0. The van der Waals surface area contributed by atoms with Gasteiger partial charge < -0.3 is 20.7 Å². The predicted octanol–water partition coefficient (Wildman–Crippen LogP) is 3.90. The summed E-state index contributed by atoms with van der Waals surface area (Å²) in [4.78, 5) is 17.3. The highest BCUT2D eigenvalue weighted by Crippen LogP contribution is 2.22. The summed E-state index contributed by atoms with van der Waals surface area (Å²) in [5.74, 6) is -0.388. The molecule has 1 aliphatic heterocycles. The van der Waals surface area contributed by atoms with Crippen molar-refractivity contribution < 1.29 is 9.53 Å². The van der Waals surface area contributed by atoms with Gasteiger partial charge in [-0.3, -0.25) is 4.90 Å². The van der Waals surface area contributed by atoms with Gasteiger partial charge in [0.2, 0.25) is 0 Å². The third-order valence-electron chi connectivity index (χ3n) is 6.24. The number of carbonyl (C=O) groups excluding carboxylic acids is 1. The summed E-state index contributed by atoms with van der Waals surface area (Å²) in [5.41, 5.74) is 10.2. The van der Waals surface area contributed by atoms with E-state index in [2.05, 4.69) is 69.7 Å². The SMILES string of the molecule is COC(=O)c1cc(N)ccc1NCC(Cc1ccccc1)N1CCN(c2ccccc2)CC1. The van der Waals surface area contributed by atoms with Crippen molar-refractivity contribution in [1.82, 2.24) is 4.90 Å². The number of piperazine rings is 1. The first-order chi connectivity index (χ1) is 16.1. The molecule has 0 radical (unpaired) electrons. The van der Waals surface area contributed by atoms with Crippen molar-refractivity contribution in [1.29, 1.82) is 0 Å². The Morgan fingerprint density at radius 1 is 0.970 bits per heavy atom. The monoisotopic (exact) mass is 444 g/mol. The first-order valence-electron chi connectivity index (χ1n) is 11.4. The molecule has 1 atom stereocenters. The Bertz CT molecular complexity index is 1030. The minimum Gasteiger partial charge on any atom is -0.465 e. The number of hydrogen-bond donors (Lipinski definition) is 2. The van der Waals surface area contributed by atoms with Crippen LogP contribution in [0.25, 0.3) is 0 Å². The number of nitrogens with one attached hydrogen (secondary N) is 1. The standard InChI is InChI=1S/C27H32N4O2/c1-33-27(32)25-19-22(28)12-13-26(25)29-20-24(18-21-8-4-2-5-9-21)31-16-14-30(15-17-31)23-10-6-3-7-11-23/h2-13,19,24,29H,14-18,20,28H2,1H3. The Hall–Kier alpha value is -3.51. The summed E-state index contributed by atoms with van der Waals surface area (Å²) in [7, 11) is 1.39. The van der Waals surface area contributed by atoms with Gasteiger partial charge in [-0.05, 0) is 42.3 Å². The number of nitrogens with two attached hydrogens (primary N) is 1. The third kappa shape index (κ3) is 5.84. The molecular formula is C27H32N4O2. The first-order valence-corrected chi connectivity index (χ1v) is 11.4. The molecule has 4 rings (SSSR count). The molecule has 6 nitrogen and oxygen atoms in total. The van der Waals surface area contributed by atoms with Crippen LogP contribution in [0.2, 0.25) is 0 Å². The number of esters is 1. The number of nitrogen functional groups attached to an aromatic ring is 1. The van der Waals surface area contributed by atoms with Crippen molar-refractivity contribution in [2.24, 2.45) is 0 Å². The fourth-order valence-corrected chi connectivity index (χ4v) is 4.42. The van der Waals surface area contributed by atoms with E-state index in [1.165, 1.54) is 18.4 Å². The van der Waals surface area contributed by atoms with Gasteiger partial charge in [-0.25, -0.2) is 4.79 Å². The topological polar surface area (TPSA) is 70.8 Å². The molecule has 1 unspecified atom stereocenters. The van der Waals surface area contributed by atoms with Crippen LogP contribution < -0.4 is 16.0 Å². The summed E-state index contributed by atoms with van der Waals surface area (Å²) in [6.45, 7) is 4.67. The Labute approximate surface area is 196 Å². The van der Waals surface area contributed by atoms with Crippen molar-refractivity contribution in [2.75, 3.05) is 55.8 Å². The molecule has 3 aromatic carbocycles. The fourth-order valence-electron chi connectivity index (χ4n) is 4.42. The average molecular weight is 445 g/mol. The van der Waals surface area contributed by atoms with Crippen LogP contribution in [-0.2, 0) is 11.2 Å². The van der Waals surface area contributed by atoms with Crippen molar-refractivity contribution in [3.8, 4) is 0 Å². The lowest BCUT2D eigenvalue weighted by molar-refractivity contribution is 0.0602. The highest BCUT2D eigenvalue weighted by atomic mass is 16.5. The van der Waals surface area contributed by atoms with Crippen LogP contribution in [0.15, 0.2) is 78.9 Å². The maximum Gasteiger partial charge on any atom is 0.340 e. The molecule has 3 N–H and O–H groups in total. The molecule has 6 heteroatoms. The molecule has 0 aromatic heterocycles. The summed E-state index contributed by atoms with van der Waals surface area (Å²) in [6.07, 6.45) is 0.932. The number of hydrogen-bond acceptors (Lipinski definition) is 6. The Morgan fingerprint density at radius 2 is 1.64 bits per heavy atom. The summed E-state index contributed by atoms with van der Waals surface area (Å²) >= 11 is 0. The largest absolute Gasteiger partial charge is 0.465 e. The lowest BCUT2D eigenvalue weighted by atomic mass is 10.0. The minimum atomic E-state index is -0.388. The van der Waals surface area contributed by atoms with Gasteiger partial charge in [0.15, 0.2) is 0 Å². The van der Waals surface area contributed by atoms with Gasteiger partial charge in [-0.15, -0.1) is 0 Å². The zero-order valence-corrected chi connectivity index (χ0v) is 19.1. The van der Waals surface area contributed by atoms with E-state index in [1.807, 2.05) is 12.1 Å². The van der Waals surface area contributed by atoms with Gasteiger partial charge in [-0.2, -0.15) is 0 Å². The van der Waals surface area contributed by atoms with Crippen molar-refractivity contribution in [3.63, 3.8) is 0 Å². The predicted molar refractivity (Wildman–Crippen MR) is 135 cm³/mol. The van der Waals surface area contributed by atoms with Crippen LogP contribution in [0.5, 0.6) is 0 Å². The second-order valence-electron chi connectivity index (χ2n) is 8.38. The van der Waals surface area contributed by atoms with Crippen LogP contribution >= 0.6 is 0 Å². The lowest BCUT2D eigenvalue weighted by Gasteiger charge is -2.40. The van der Waals surface area contributed by atoms with E-state index in [1.54, 1.807) is 12.1 Å². The Morgan fingerprint density at radius 3 is 2.30 bits per heavy atom. The van der Waals surface area contributed by atoms with Crippen molar-refractivity contribution in [3.05, 3.63) is 90.0 Å². The number of carbonyl (C=O) groups is 1. The summed E-state index contributed by atoms with van der Waals surface area (Å²) in [5, 5.41) is 3.50. The highest BCUT2D eigenvalue weighted by Gasteiger charge is 2.25. The van der Waals surface area contributed by atoms with Crippen molar-refractivity contribution >= 4 is 23.0 Å². The fraction of sp³-hybridized carbons (Fsp3) is 0.296. The molecule has 0 bridgehead atoms. The van der Waals surface area contributed by atoms with Gasteiger partial charge in [0, 0.05) is 55.8 Å². The second kappa shape index (κ2) is 10.9. The molecule has 1 aliphatic rings. The van der Waals surface area contributed by atoms with E-state index in [4.69, 9.17) is 10.5 Å². The molecule has 1 saturated heterocycles. The van der Waals surface area contributed by atoms with Crippen LogP contribution in [0.4, 0.5) is 17.1 Å². The van der Waals surface area contributed by atoms with Crippen LogP contribution in [0.1, 0.15) is 15.9 Å². The molecule has 0 spiro atoms. The van der Waals surface area contributed by atoms with Crippen LogP contribution in [0, 0.1) is 0 Å². The first kappa shape index (κ1) is 22.7. The molecule has 1 fully saturated rings. The smallest absolute Gasteiger partial charge is 0.340 e. The number of methoxy groups -OCH3 is 1. The number of anilines is 3. The molecule has 172 valence electrons. The average Bonchev–Trinajstić information content (AvgIpc) is 2.88. The molecular weight excluding hydrogens is 412 g/mol. The summed E-state index contributed by atoms with van der Waals surface area (Å²) < 4.78 is 4.95. The summed E-state index contributed by atoms with van der Waals surface area (Å²) in [6, 6.07) is 26.8. The van der Waals surface area contributed by atoms with Crippen LogP contribution in [0.3, 0.4) is 0 Å². The van der Waals surface area contributed by atoms with E-state index >= 15 is 0 Å². The maximum atomic E-state index is 12.3. The number of nitrogens with zero attached hydrogens (tertiary/aromatic N) is 2. The van der Waals surface area contributed by atoms with Crippen molar-refractivity contribution in [2.45, 2.75) is 12.5 Å². The molecule has 0 saturated carbocycles. The van der Waals surface area contributed by atoms with Gasteiger partial charge in [0.1, 0.15) is 0 Å². The zero-order valence-electron chi connectivity index (χ0n) is 19.1. The van der Waals surface area contributed by atoms with Gasteiger partial charge >= 0.3 is 5.97 Å². The van der Waals surface area contributed by atoms with E-state index < -0.39 is 0 Å². The second-order valence-corrected chi connectivity index (χ2v) is 8.38. The maximum absolute atomic E-state index is 12.3. The van der Waals surface area contributed by atoms with Gasteiger partial charge in [-0.1, -0.05) is 48.5 Å².